The minimum Gasteiger partial charge on any atom is -0.329 e. The predicted molar refractivity (Wildman–Crippen MR) is 135 cm³/mol. The number of hydrogen-bond donors (Lipinski definition) is 0. The Bertz CT molecular complexity index is 297. The summed E-state index contributed by atoms with van der Waals surface area (Å²) in [5.41, 5.74) is 0. The van der Waals surface area contributed by atoms with Crippen molar-refractivity contribution in [3.63, 3.8) is 0 Å². The molecule has 0 aromatic carbocycles. The van der Waals surface area contributed by atoms with E-state index in [0.717, 1.165) is 0 Å². The zero-order valence-corrected chi connectivity index (χ0v) is 21.4. The first-order valence-corrected chi connectivity index (χ1v) is 13.9. The van der Waals surface area contributed by atoms with E-state index < -0.39 is 0 Å². The molecule has 1 nitrogen and oxygen atoms in total. The number of unbranched alkanes of at least 4 members (excludes halogenated alkanes) is 21. The fourth-order valence-electron chi connectivity index (χ4n) is 4.31. The van der Waals surface area contributed by atoms with Crippen LogP contribution in [-0.2, 0) is 0 Å². The molecule has 29 heavy (non-hydrogen) atoms. The molecular weight excluding hydrogens is 350 g/mol. The highest BCUT2D eigenvalue weighted by Crippen LogP contribution is 2.15. The predicted octanol–water partition coefficient (Wildman–Crippen LogP) is 9.68. The van der Waals surface area contributed by atoms with Gasteiger partial charge in [-0.05, 0) is 19.8 Å². The van der Waals surface area contributed by atoms with Crippen LogP contribution in [0.15, 0.2) is 0 Å². The van der Waals surface area contributed by atoms with Gasteiger partial charge in [0.2, 0.25) is 0 Å². The highest BCUT2D eigenvalue weighted by Gasteiger charge is 2.09. The second-order valence-corrected chi connectivity index (χ2v) is 10.4. The highest BCUT2D eigenvalue weighted by molar-refractivity contribution is 4.51. The van der Waals surface area contributed by atoms with Gasteiger partial charge in [0.1, 0.15) is 0 Å². The van der Waals surface area contributed by atoms with Gasteiger partial charge >= 0.3 is 0 Å². The number of nitrogens with zero attached hydrogens (tertiary/aromatic N) is 1. The van der Waals surface area contributed by atoms with Crippen molar-refractivity contribution in [3.8, 4) is 0 Å². The van der Waals surface area contributed by atoms with Crippen LogP contribution in [0.25, 0.3) is 0 Å². The summed E-state index contributed by atoms with van der Waals surface area (Å²) in [6.45, 7) is 7.23. The maximum atomic E-state index is 2.36. The molecule has 0 N–H and O–H groups in total. The zero-order valence-electron chi connectivity index (χ0n) is 21.4. The summed E-state index contributed by atoms with van der Waals surface area (Å²) in [6.07, 6.45) is 32.4. The van der Waals surface area contributed by atoms with Crippen molar-refractivity contribution in [2.45, 2.75) is 155 Å². The van der Waals surface area contributed by atoms with Gasteiger partial charge in [0.15, 0.2) is 0 Å². The van der Waals surface area contributed by atoms with E-state index in [0.29, 0.717) is 0 Å². The van der Waals surface area contributed by atoms with Crippen molar-refractivity contribution in [3.05, 3.63) is 0 Å². The van der Waals surface area contributed by atoms with Gasteiger partial charge in [-0.25, -0.2) is 0 Å². The summed E-state index contributed by atoms with van der Waals surface area (Å²) in [6, 6.07) is 0. The Balaban J connectivity index is 3.05. The van der Waals surface area contributed by atoms with Crippen LogP contribution in [-0.4, -0.2) is 31.7 Å². The lowest BCUT2D eigenvalue weighted by atomic mass is 10.0. The van der Waals surface area contributed by atoms with E-state index in [1.165, 1.54) is 159 Å². The molecule has 0 aliphatic carbocycles. The number of rotatable bonds is 24. The average Bonchev–Trinajstić information content (AvgIpc) is 2.71. The van der Waals surface area contributed by atoms with Crippen LogP contribution in [0.2, 0.25) is 0 Å². The molecule has 176 valence electrons. The van der Waals surface area contributed by atoms with Gasteiger partial charge in [0.25, 0.3) is 0 Å². The van der Waals surface area contributed by atoms with Crippen LogP contribution in [0.1, 0.15) is 155 Å². The van der Waals surface area contributed by atoms with Gasteiger partial charge in [0, 0.05) is 0 Å². The Kier molecular flexibility index (Phi) is 22.6. The van der Waals surface area contributed by atoms with Crippen LogP contribution in [0.4, 0.5) is 0 Å². The van der Waals surface area contributed by atoms with Crippen molar-refractivity contribution in [1.82, 2.24) is 0 Å². The molecule has 0 aromatic heterocycles. The van der Waals surface area contributed by atoms with E-state index in [9.17, 15) is 0 Å². The third kappa shape index (κ3) is 24.1. The van der Waals surface area contributed by atoms with Crippen molar-refractivity contribution >= 4 is 0 Å². The van der Waals surface area contributed by atoms with E-state index in [-0.39, 0.29) is 0 Å². The van der Waals surface area contributed by atoms with Crippen molar-refractivity contribution in [2.75, 3.05) is 27.2 Å². The van der Waals surface area contributed by atoms with Gasteiger partial charge in [-0.1, -0.05) is 135 Å². The molecule has 0 radical (unpaired) electrons. The summed E-state index contributed by atoms with van der Waals surface area (Å²) in [7, 11) is 4.72. The van der Waals surface area contributed by atoms with Gasteiger partial charge < -0.3 is 4.48 Å². The molecule has 0 bridgehead atoms. The maximum absolute atomic E-state index is 2.36. The van der Waals surface area contributed by atoms with Crippen LogP contribution in [0.3, 0.4) is 0 Å². The SMILES string of the molecule is CCCCCCCCCCCCCCCCCCCCCCCC[N+](C)(C)CC. The highest BCUT2D eigenvalue weighted by atomic mass is 15.3. The molecule has 0 amide bonds. The van der Waals surface area contributed by atoms with Crippen molar-refractivity contribution < 1.29 is 4.48 Å². The molecule has 0 spiro atoms. The van der Waals surface area contributed by atoms with Gasteiger partial charge in [-0.3, -0.25) is 0 Å². The van der Waals surface area contributed by atoms with Gasteiger partial charge in [0.05, 0.1) is 27.2 Å². The van der Waals surface area contributed by atoms with E-state index >= 15 is 0 Å². The minimum absolute atomic E-state index is 1.19. The first-order chi connectivity index (χ1) is 14.1. The smallest absolute Gasteiger partial charge is 0.0782 e. The third-order valence-corrected chi connectivity index (χ3v) is 6.97. The van der Waals surface area contributed by atoms with Crippen molar-refractivity contribution in [2.24, 2.45) is 0 Å². The van der Waals surface area contributed by atoms with E-state index in [1.54, 1.807) is 0 Å². The quantitative estimate of drug-likeness (QED) is 0.110. The molecule has 0 rings (SSSR count). The first-order valence-electron chi connectivity index (χ1n) is 13.9. The lowest BCUT2D eigenvalue weighted by Crippen LogP contribution is -2.39. The number of hydrogen-bond acceptors (Lipinski definition) is 0. The van der Waals surface area contributed by atoms with E-state index in [2.05, 4.69) is 27.9 Å². The lowest BCUT2D eigenvalue weighted by Gasteiger charge is -2.28. The molecule has 0 saturated carbocycles. The van der Waals surface area contributed by atoms with Crippen molar-refractivity contribution in [1.29, 1.82) is 0 Å². The Morgan fingerprint density at radius 2 is 0.586 bits per heavy atom. The van der Waals surface area contributed by atoms with E-state index in [4.69, 9.17) is 0 Å². The van der Waals surface area contributed by atoms with E-state index in [1.807, 2.05) is 0 Å². The maximum Gasteiger partial charge on any atom is 0.0782 e. The molecule has 0 saturated heterocycles. The van der Waals surface area contributed by atoms with Gasteiger partial charge in [-0.2, -0.15) is 0 Å². The lowest BCUT2D eigenvalue weighted by molar-refractivity contribution is -0.888. The zero-order chi connectivity index (χ0) is 21.5. The Labute approximate surface area is 187 Å². The molecule has 0 atom stereocenters. The molecular formula is C28H60N+. The monoisotopic (exact) mass is 410 g/mol. The number of quaternary nitrogens is 1. The van der Waals surface area contributed by atoms with Crippen LogP contribution < -0.4 is 0 Å². The molecule has 0 aliphatic heterocycles. The summed E-state index contributed by atoms with van der Waals surface area (Å²) in [5, 5.41) is 0. The second-order valence-electron chi connectivity index (χ2n) is 10.4. The molecule has 0 fully saturated rings. The topological polar surface area (TPSA) is 0 Å². The van der Waals surface area contributed by atoms with Crippen LogP contribution >= 0.6 is 0 Å². The standard InChI is InChI=1S/C28H60N/c1-5-7-8-9-10-11-12-13-14-15-16-17-18-19-20-21-22-23-24-25-26-27-28-29(3,4)6-2/h5-28H2,1-4H3/q+1. The Morgan fingerprint density at radius 1 is 0.345 bits per heavy atom. The fraction of sp³-hybridized carbons (Fsp3) is 1.00. The largest absolute Gasteiger partial charge is 0.329 e. The summed E-state index contributed by atoms with van der Waals surface area (Å²) in [4.78, 5) is 0. The normalized spacial score (nSPS) is 12.0. The summed E-state index contributed by atoms with van der Waals surface area (Å²) >= 11 is 0. The third-order valence-electron chi connectivity index (χ3n) is 6.97. The molecule has 0 heterocycles. The molecule has 0 aromatic rings. The summed E-state index contributed by atoms with van der Waals surface area (Å²) < 4.78 is 1.19. The Hall–Kier alpha value is -0.0400. The van der Waals surface area contributed by atoms with Crippen LogP contribution in [0, 0.1) is 0 Å². The molecule has 0 unspecified atom stereocenters. The fourth-order valence-corrected chi connectivity index (χ4v) is 4.31. The average molecular weight is 411 g/mol. The molecule has 1 heteroatoms. The first kappa shape index (κ1) is 29.0. The molecule has 0 aliphatic rings. The van der Waals surface area contributed by atoms with Gasteiger partial charge in [-0.15, -0.1) is 0 Å². The minimum atomic E-state index is 1.19. The second kappa shape index (κ2) is 22.6. The Morgan fingerprint density at radius 3 is 0.828 bits per heavy atom. The summed E-state index contributed by atoms with van der Waals surface area (Å²) in [5.74, 6) is 0. The van der Waals surface area contributed by atoms with Crippen LogP contribution in [0.5, 0.6) is 0 Å².